The van der Waals surface area contributed by atoms with Crippen LogP contribution in [0.1, 0.15) is 27.2 Å². The summed E-state index contributed by atoms with van der Waals surface area (Å²) in [6.45, 7) is 0. The normalized spacial score (nSPS) is 11.7. The molecule has 0 saturated carbocycles. The number of para-hydroxylation sites is 1. The van der Waals surface area contributed by atoms with Crippen molar-refractivity contribution in [2.24, 2.45) is 0 Å². The average Bonchev–Trinajstić information content (AvgIpc) is 3.41. The molecule has 1 N–H and O–H groups in total. The molecule has 1 amide bonds. The molecule has 0 fully saturated rings. The summed E-state index contributed by atoms with van der Waals surface area (Å²) < 4.78 is 6.32. The molecule has 6 aromatic rings. The number of nitrogens with zero attached hydrogens (tertiary/aromatic N) is 1. The molecule has 212 valence electrons. The molecule has 1 heterocycles. The summed E-state index contributed by atoms with van der Waals surface area (Å²) in [5, 5.41) is 10.9. The van der Waals surface area contributed by atoms with Crippen LogP contribution < -0.4 is 0 Å². The molecule has 6 rings (SSSR count). The maximum atomic E-state index is 13.2. The van der Waals surface area contributed by atoms with Gasteiger partial charge < -0.3 is 14.4 Å². The highest BCUT2D eigenvalue weighted by Gasteiger charge is 2.27. The lowest BCUT2D eigenvalue weighted by molar-refractivity contribution is -0.141. The molecule has 0 bridgehead atoms. The molecular weight excluding hydrogens is 534 g/mol. The van der Waals surface area contributed by atoms with Crippen molar-refractivity contribution in [3.05, 3.63) is 156 Å². The van der Waals surface area contributed by atoms with Crippen LogP contribution >= 0.6 is 0 Å². The van der Waals surface area contributed by atoms with Gasteiger partial charge in [-0.3, -0.25) is 4.79 Å². The second-order valence-corrected chi connectivity index (χ2v) is 10.7. The van der Waals surface area contributed by atoms with E-state index in [0.29, 0.717) is 12.0 Å². The Kier molecular flexibility index (Phi) is 7.88. The van der Waals surface area contributed by atoms with Gasteiger partial charge >= 0.3 is 5.97 Å². The molecule has 0 aliphatic heterocycles. The number of carbonyl (C=O) groups excluding carboxylic acids is 1. The molecule has 5 aromatic carbocycles. The number of carbonyl (C=O) groups is 2. The summed E-state index contributed by atoms with van der Waals surface area (Å²) in [6.07, 6.45) is 0.937. The Bertz CT molecular complexity index is 1860. The van der Waals surface area contributed by atoms with Crippen LogP contribution in [0.4, 0.5) is 0 Å². The topological polar surface area (TPSA) is 70.8 Å². The third-order valence-corrected chi connectivity index (χ3v) is 7.86. The van der Waals surface area contributed by atoms with E-state index in [1.807, 2.05) is 78.9 Å². The first kappa shape index (κ1) is 27.7. The van der Waals surface area contributed by atoms with Gasteiger partial charge in [-0.1, -0.05) is 115 Å². The number of likely N-dealkylation sites (N-methyl/N-ethyl adjacent to an activating group) is 1. The largest absolute Gasteiger partial charge is 0.480 e. The Morgan fingerprint density at radius 2 is 1.21 bits per heavy atom. The van der Waals surface area contributed by atoms with Gasteiger partial charge in [-0.2, -0.15) is 0 Å². The highest BCUT2D eigenvalue weighted by atomic mass is 16.4. The molecular formula is C38H31NO4. The first-order chi connectivity index (χ1) is 21.0. The fourth-order valence-electron chi connectivity index (χ4n) is 5.53. The van der Waals surface area contributed by atoms with E-state index in [0.717, 1.165) is 44.5 Å². The minimum Gasteiger partial charge on any atom is -0.480 e. The maximum absolute atomic E-state index is 13.2. The monoisotopic (exact) mass is 565 g/mol. The van der Waals surface area contributed by atoms with E-state index in [1.165, 1.54) is 10.5 Å². The molecule has 1 aromatic heterocycles. The second kappa shape index (κ2) is 12.2. The van der Waals surface area contributed by atoms with E-state index in [2.05, 4.69) is 42.5 Å². The zero-order chi connectivity index (χ0) is 29.8. The Balaban J connectivity index is 1.22. The molecule has 5 nitrogen and oxygen atoms in total. The lowest BCUT2D eigenvalue weighted by Gasteiger charge is -2.25. The molecule has 5 heteroatoms. The Morgan fingerprint density at radius 1 is 0.674 bits per heavy atom. The highest BCUT2D eigenvalue weighted by molar-refractivity contribution is 5.97. The van der Waals surface area contributed by atoms with Gasteiger partial charge in [0.1, 0.15) is 17.4 Å². The molecule has 0 spiro atoms. The van der Waals surface area contributed by atoms with Crippen molar-refractivity contribution in [3.8, 4) is 22.3 Å². The summed E-state index contributed by atoms with van der Waals surface area (Å²) >= 11 is 0. The van der Waals surface area contributed by atoms with Crippen LogP contribution in [0.25, 0.3) is 33.2 Å². The fourth-order valence-corrected chi connectivity index (χ4v) is 5.53. The first-order valence-electron chi connectivity index (χ1n) is 14.3. The third kappa shape index (κ3) is 5.97. The minimum absolute atomic E-state index is 0.238. The molecule has 43 heavy (non-hydrogen) atoms. The van der Waals surface area contributed by atoms with Crippen molar-refractivity contribution in [1.29, 1.82) is 0 Å². The number of carboxylic acids is 1. The standard InChI is InChI=1S/C38H31NO4/c1-39(33(38(41)42)24-26-10-4-2-5-11-26)37(40)31-22-18-29(19-23-31)28-16-20-30(21-17-28)36-32-14-8-9-15-34(32)43-35(36)25-27-12-6-3-7-13-27/h2-23,33H,24-25H2,1H3,(H,41,42)/t33-/m0/s1. The number of benzene rings is 5. The number of furan rings is 1. The number of hydrogen-bond acceptors (Lipinski definition) is 3. The van der Waals surface area contributed by atoms with Crippen molar-refractivity contribution in [1.82, 2.24) is 4.90 Å². The number of amides is 1. The van der Waals surface area contributed by atoms with Crippen LogP contribution in [0.2, 0.25) is 0 Å². The van der Waals surface area contributed by atoms with Gasteiger partial charge in [0.15, 0.2) is 0 Å². The quantitative estimate of drug-likeness (QED) is 0.192. The minimum atomic E-state index is -1.03. The van der Waals surface area contributed by atoms with Crippen LogP contribution in [0.3, 0.4) is 0 Å². The average molecular weight is 566 g/mol. The summed E-state index contributed by atoms with van der Waals surface area (Å²) in [4.78, 5) is 26.6. The van der Waals surface area contributed by atoms with Gasteiger partial charge in [-0.15, -0.1) is 0 Å². The summed E-state index contributed by atoms with van der Waals surface area (Å²) in [7, 11) is 1.54. The van der Waals surface area contributed by atoms with Crippen molar-refractivity contribution in [3.63, 3.8) is 0 Å². The molecule has 0 unspecified atom stereocenters. The van der Waals surface area contributed by atoms with Crippen LogP contribution in [-0.4, -0.2) is 35.0 Å². The van der Waals surface area contributed by atoms with Crippen molar-refractivity contribution < 1.29 is 19.1 Å². The van der Waals surface area contributed by atoms with Crippen LogP contribution in [0.15, 0.2) is 138 Å². The van der Waals surface area contributed by atoms with Gasteiger partial charge in [0, 0.05) is 36.4 Å². The van der Waals surface area contributed by atoms with Gasteiger partial charge in [-0.05, 0) is 46.0 Å². The molecule has 0 aliphatic rings. The molecule has 0 radical (unpaired) electrons. The van der Waals surface area contributed by atoms with E-state index in [4.69, 9.17) is 4.42 Å². The Labute approximate surface area is 250 Å². The number of aliphatic carboxylic acids is 1. The first-order valence-corrected chi connectivity index (χ1v) is 14.3. The molecule has 0 saturated heterocycles. The molecule has 0 aliphatic carbocycles. The van der Waals surface area contributed by atoms with Gasteiger partial charge in [-0.25, -0.2) is 4.79 Å². The van der Waals surface area contributed by atoms with E-state index >= 15 is 0 Å². The van der Waals surface area contributed by atoms with Gasteiger partial charge in [0.25, 0.3) is 5.91 Å². The van der Waals surface area contributed by atoms with Crippen molar-refractivity contribution >= 4 is 22.8 Å². The van der Waals surface area contributed by atoms with Crippen LogP contribution in [0, 0.1) is 0 Å². The highest BCUT2D eigenvalue weighted by Crippen LogP contribution is 2.37. The van der Waals surface area contributed by atoms with Crippen molar-refractivity contribution in [2.75, 3.05) is 7.05 Å². The SMILES string of the molecule is CN(C(=O)c1ccc(-c2ccc(-c3c(Cc4ccccc4)oc4ccccc34)cc2)cc1)[C@@H](Cc1ccccc1)C(=O)O. The van der Waals surface area contributed by atoms with E-state index in [1.54, 1.807) is 19.2 Å². The summed E-state index contributed by atoms with van der Waals surface area (Å²) in [5.41, 5.74) is 7.51. The zero-order valence-electron chi connectivity index (χ0n) is 23.8. The number of hydrogen-bond donors (Lipinski definition) is 1. The van der Waals surface area contributed by atoms with Crippen LogP contribution in [0.5, 0.6) is 0 Å². The third-order valence-electron chi connectivity index (χ3n) is 7.86. The van der Waals surface area contributed by atoms with E-state index in [9.17, 15) is 14.7 Å². The fraction of sp³-hybridized carbons (Fsp3) is 0.105. The Morgan fingerprint density at radius 3 is 1.84 bits per heavy atom. The predicted octanol–water partition coefficient (Wildman–Crippen LogP) is 8.13. The lowest BCUT2D eigenvalue weighted by Crippen LogP contribution is -2.43. The maximum Gasteiger partial charge on any atom is 0.326 e. The second-order valence-electron chi connectivity index (χ2n) is 10.7. The molecule has 1 atom stereocenters. The summed E-state index contributed by atoms with van der Waals surface area (Å²) in [6, 6.07) is 42.5. The van der Waals surface area contributed by atoms with Gasteiger partial charge in [0.2, 0.25) is 0 Å². The smallest absolute Gasteiger partial charge is 0.326 e. The number of rotatable bonds is 9. The number of fused-ring (bicyclic) bond motifs is 1. The number of carboxylic acid groups (broad SMARTS) is 1. The van der Waals surface area contributed by atoms with E-state index in [-0.39, 0.29) is 12.3 Å². The van der Waals surface area contributed by atoms with Gasteiger partial charge in [0.05, 0.1) is 0 Å². The van der Waals surface area contributed by atoms with E-state index < -0.39 is 12.0 Å². The zero-order valence-corrected chi connectivity index (χ0v) is 23.8. The van der Waals surface area contributed by atoms with Crippen LogP contribution in [-0.2, 0) is 17.6 Å². The Hall–Kier alpha value is -5.42. The lowest BCUT2D eigenvalue weighted by atomic mass is 9.96. The van der Waals surface area contributed by atoms with Crippen molar-refractivity contribution in [2.45, 2.75) is 18.9 Å². The summed E-state index contributed by atoms with van der Waals surface area (Å²) in [5.74, 6) is -0.434. The predicted molar refractivity (Wildman–Crippen MR) is 170 cm³/mol.